The predicted molar refractivity (Wildman–Crippen MR) is 174 cm³/mol. The summed E-state index contributed by atoms with van der Waals surface area (Å²) >= 11 is 6.28. The van der Waals surface area contributed by atoms with E-state index in [2.05, 4.69) is 5.32 Å². The number of nitro groups is 1. The Morgan fingerprint density at radius 1 is 1.07 bits per heavy atom. The molecule has 0 radical (unpaired) electrons. The Bertz CT molecular complexity index is 1650. The molecule has 242 valence electrons. The molecule has 1 atom stereocenters. The van der Waals surface area contributed by atoms with Crippen LogP contribution in [0, 0.1) is 24.0 Å². The van der Waals surface area contributed by atoms with Crippen LogP contribution in [0.4, 0.5) is 11.4 Å². The molecule has 13 heteroatoms. The van der Waals surface area contributed by atoms with E-state index in [1.54, 1.807) is 6.92 Å². The van der Waals surface area contributed by atoms with Crippen LogP contribution in [0.5, 0.6) is 5.75 Å². The van der Waals surface area contributed by atoms with Crippen molar-refractivity contribution in [3.63, 3.8) is 0 Å². The first-order valence-electron chi connectivity index (χ1n) is 14.6. The van der Waals surface area contributed by atoms with Gasteiger partial charge in [0.2, 0.25) is 11.8 Å². The highest BCUT2D eigenvalue weighted by Crippen LogP contribution is 2.36. The van der Waals surface area contributed by atoms with Crippen LogP contribution in [0.2, 0.25) is 5.02 Å². The average molecular weight is 659 g/mol. The summed E-state index contributed by atoms with van der Waals surface area (Å²) in [5.74, 6) is -0.913. The SMILES string of the molecule is CCCCNC(=O)[C@H](CC)N(Cc1cccc(C)c1)C(=O)CN(c1cc(Cl)ccc1OC)S(=O)(=O)c1ccc(C)c([N+](=O)[O-])c1. The van der Waals surface area contributed by atoms with Crippen LogP contribution in [0.3, 0.4) is 0 Å². The number of benzene rings is 3. The summed E-state index contributed by atoms with van der Waals surface area (Å²) in [5.41, 5.74) is 1.54. The first-order valence-corrected chi connectivity index (χ1v) is 16.4. The largest absolute Gasteiger partial charge is 0.495 e. The summed E-state index contributed by atoms with van der Waals surface area (Å²) in [4.78, 5) is 39.6. The molecule has 3 aromatic rings. The maximum Gasteiger partial charge on any atom is 0.273 e. The fourth-order valence-electron chi connectivity index (χ4n) is 4.88. The lowest BCUT2D eigenvalue weighted by Gasteiger charge is -2.33. The number of unbranched alkanes of at least 4 members (excludes halogenated alkanes) is 1. The summed E-state index contributed by atoms with van der Waals surface area (Å²) in [6.07, 6.45) is 1.90. The molecule has 0 aromatic heterocycles. The zero-order valence-electron chi connectivity index (χ0n) is 26.1. The van der Waals surface area contributed by atoms with Crippen LogP contribution < -0.4 is 14.4 Å². The van der Waals surface area contributed by atoms with Gasteiger partial charge in [-0.25, -0.2) is 8.42 Å². The lowest BCUT2D eigenvalue weighted by Crippen LogP contribution is -2.52. The molecule has 0 heterocycles. The molecule has 0 saturated carbocycles. The maximum atomic E-state index is 14.3. The van der Waals surface area contributed by atoms with Crippen molar-refractivity contribution in [1.82, 2.24) is 10.2 Å². The Hall–Kier alpha value is -4.16. The van der Waals surface area contributed by atoms with Gasteiger partial charge in [-0.05, 0) is 56.5 Å². The van der Waals surface area contributed by atoms with Crippen molar-refractivity contribution in [2.45, 2.75) is 64.4 Å². The summed E-state index contributed by atoms with van der Waals surface area (Å²) < 4.78 is 34.8. The minimum atomic E-state index is -4.61. The van der Waals surface area contributed by atoms with Gasteiger partial charge in [0.25, 0.3) is 15.7 Å². The van der Waals surface area contributed by atoms with Crippen molar-refractivity contribution in [2.24, 2.45) is 0 Å². The van der Waals surface area contributed by atoms with Crippen molar-refractivity contribution in [3.05, 3.63) is 92.5 Å². The van der Waals surface area contributed by atoms with E-state index < -0.39 is 44.0 Å². The second-order valence-corrected chi connectivity index (χ2v) is 12.9. The van der Waals surface area contributed by atoms with Crippen LogP contribution >= 0.6 is 11.6 Å². The van der Waals surface area contributed by atoms with Crippen LogP contribution in [-0.4, -0.2) is 56.3 Å². The molecule has 45 heavy (non-hydrogen) atoms. The second-order valence-electron chi connectivity index (χ2n) is 10.6. The van der Waals surface area contributed by atoms with Crippen LogP contribution in [0.1, 0.15) is 49.8 Å². The van der Waals surface area contributed by atoms with Crippen LogP contribution in [0.25, 0.3) is 0 Å². The molecular formula is C32H39ClN4O7S. The monoisotopic (exact) mass is 658 g/mol. The lowest BCUT2D eigenvalue weighted by molar-refractivity contribution is -0.385. The highest BCUT2D eigenvalue weighted by molar-refractivity contribution is 7.92. The summed E-state index contributed by atoms with van der Waals surface area (Å²) in [6.45, 7) is 6.91. The van der Waals surface area contributed by atoms with Gasteiger partial charge >= 0.3 is 0 Å². The third kappa shape index (κ3) is 8.73. The molecule has 0 unspecified atom stereocenters. The molecule has 0 fully saturated rings. The average Bonchev–Trinajstić information content (AvgIpc) is 2.99. The molecule has 0 aliphatic heterocycles. The van der Waals surface area contributed by atoms with E-state index in [1.165, 1.54) is 49.3 Å². The molecule has 0 spiro atoms. The number of ether oxygens (including phenoxy) is 1. The second kappa shape index (κ2) is 15.7. The Kier molecular flexibility index (Phi) is 12.3. The van der Waals surface area contributed by atoms with E-state index in [4.69, 9.17) is 16.3 Å². The zero-order chi connectivity index (χ0) is 33.3. The molecule has 0 aliphatic carbocycles. The van der Waals surface area contributed by atoms with Gasteiger partial charge in [-0.15, -0.1) is 0 Å². The van der Waals surface area contributed by atoms with Gasteiger partial charge in [-0.1, -0.05) is 67.8 Å². The number of nitrogens with one attached hydrogen (secondary N) is 1. The molecule has 1 N–H and O–H groups in total. The number of sulfonamides is 1. The van der Waals surface area contributed by atoms with E-state index in [-0.39, 0.29) is 40.9 Å². The van der Waals surface area contributed by atoms with Crippen molar-refractivity contribution in [3.8, 4) is 5.75 Å². The zero-order valence-corrected chi connectivity index (χ0v) is 27.7. The summed E-state index contributed by atoms with van der Waals surface area (Å²) in [7, 11) is -3.27. The molecule has 0 bridgehead atoms. The quantitative estimate of drug-likeness (QED) is 0.124. The molecule has 3 aromatic carbocycles. The lowest BCUT2D eigenvalue weighted by atomic mass is 10.1. The molecule has 0 aliphatic rings. The molecule has 3 rings (SSSR count). The fourth-order valence-corrected chi connectivity index (χ4v) is 6.48. The van der Waals surface area contributed by atoms with Crippen molar-refractivity contribution in [2.75, 3.05) is 24.5 Å². The third-order valence-corrected chi connectivity index (χ3v) is 9.30. The first-order chi connectivity index (χ1) is 21.3. The molecule has 11 nitrogen and oxygen atoms in total. The Morgan fingerprint density at radius 3 is 2.42 bits per heavy atom. The number of halogens is 1. The van der Waals surface area contributed by atoms with Gasteiger partial charge in [-0.2, -0.15) is 0 Å². The number of carbonyl (C=O) groups is 2. The van der Waals surface area contributed by atoms with E-state index in [1.807, 2.05) is 38.1 Å². The number of rotatable bonds is 15. The number of amides is 2. The summed E-state index contributed by atoms with van der Waals surface area (Å²) in [6, 6.07) is 14.4. The smallest absolute Gasteiger partial charge is 0.273 e. The Morgan fingerprint density at radius 2 is 1.80 bits per heavy atom. The Labute approximate surface area is 269 Å². The minimum absolute atomic E-state index is 0.0385. The minimum Gasteiger partial charge on any atom is -0.495 e. The number of aryl methyl sites for hydroxylation is 2. The van der Waals surface area contributed by atoms with E-state index in [0.717, 1.165) is 34.3 Å². The standard InChI is InChI=1S/C32H39ClN4O7S/c1-6-8-16-34-32(39)27(7-2)35(20-24-11-9-10-22(3)17-24)31(38)21-36(29-18-25(33)13-15-30(29)44-5)45(42,43)26-14-12-23(4)28(19-26)37(40)41/h9-15,17-19,27H,6-8,16,20-21H2,1-5H3,(H,34,39)/t27-/m0/s1. The van der Waals surface area contributed by atoms with E-state index >= 15 is 0 Å². The number of nitrogens with zero attached hydrogens (tertiary/aromatic N) is 3. The Balaban J connectivity index is 2.17. The topological polar surface area (TPSA) is 139 Å². The van der Waals surface area contributed by atoms with Crippen LogP contribution in [0.15, 0.2) is 65.6 Å². The van der Waals surface area contributed by atoms with Crippen LogP contribution in [-0.2, 0) is 26.2 Å². The highest BCUT2D eigenvalue weighted by atomic mass is 35.5. The first kappa shape index (κ1) is 35.3. The van der Waals surface area contributed by atoms with Crippen molar-refractivity contribution >= 4 is 44.8 Å². The number of nitro benzene ring substituents is 1. The third-order valence-electron chi connectivity index (χ3n) is 7.30. The van der Waals surface area contributed by atoms with Gasteiger partial charge in [0, 0.05) is 29.7 Å². The number of anilines is 1. The molecular weight excluding hydrogens is 620 g/mol. The maximum absolute atomic E-state index is 14.3. The number of carbonyl (C=O) groups excluding carboxylic acids is 2. The predicted octanol–water partition coefficient (Wildman–Crippen LogP) is 5.79. The van der Waals surface area contributed by atoms with Gasteiger partial charge in [0.15, 0.2) is 0 Å². The normalized spacial score (nSPS) is 11.9. The van der Waals surface area contributed by atoms with E-state index in [0.29, 0.717) is 6.54 Å². The van der Waals surface area contributed by atoms with Gasteiger partial charge in [0.05, 0.1) is 22.6 Å². The fraction of sp³-hybridized carbons (Fsp3) is 0.375. The van der Waals surface area contributed by atoms with Gasteiger partial charge in [-0.3, -0.25) is 24.0 Å². The molecule has 0 saturated heterocycles. The molecule has 2 amide bonds. The number of hydrogen-bond donors (Lipinski definition) is 1. The highest BCUT2D eigenvalue weighted by Gasteiger charge is 2.35. The number of hydrogen-bond acceptors (Lipinski definition) is 7. The summed E-state index contributed by atoms with van der Waals surface area (Å²) in [5, 5.41) is 14.7. The van der Waals surface area contributed by atoms with Gasteiger partial charge < -0.3 is 15.0 Å². The van der Waals surface area contributed by atoms with Crippen molar-refractivity contribution in [1.29, 1.82) is 0 Å². The number of methoxy groups -OCH3 is 1. The van der Waals surface area contributed by atoms with E-state index in [9.17, 15) is 28.1 Å². The van der Waals surface area contributed by atoms with Gasteiger partial charge in [0.1, 0.15) is 18.3 Å². The van der Waals surface area contributed by atoms with Crippen molar-refractivity contribution < 1.29 is 27.7 Å².